The highest BCUT2D eigenvalue weighted by Gasteiger charge is 2.28. The van der Waals surface area contributed by atoms with E-state index in [1.165, 1.54) is 0 Å². The maximum absolute atomic E-state index is 12.6. The van der Waals surface area contributed by atoms with Crippen LogP contribution in [0.4, 0.5) is 0 Å². The van der Waals surface area contributed by atoms with E-state index >= 15 is 0 Å². The molecular formula is C18H26ClNO2. The number of amides is 1. The number of aliphatic hydroxyl groups is 1. The first-order valence-electron chi connectivity index (χ1n) is 7.69. The average molecular weight is 324 g/mol. The van der Waals surface area contributed by atoms with Crippen molar-refractivity contribution >= 4 is 17.5 Å². The Morgan fingerprint density at radius 1 is 1.41 bits per heavy atom. The highest BCUT2D eigenvalue weighted by molar-refractivity contribution is 6.17. The number of benzene rings is 1. The molecule has 0 radical (unpaired) electrons. The van der Waals surface area contributed by atoms with E-state index in [-0.39, 0.29) is 17.9 Å². The van der Waals surface area contributed by atoms with Crippen molar-refractivity contribution in [3.63, 3.8) is 0 Å². The Kier molecular flexibility index (Phi) is 8.21. The highest BCUT2D eigenvalue weighted by atomic mass is 35.5. The second kappa shape index (κ2) is 9.65. The number of carbonyl (C=O) groups is 1. The predicted molar refractivity (Wildman–Crippen MR) is 91.9 cm³/mol. The van der Waals surface area contributed by atoms with Crippen LogP contribution in [0, 0.1) is 5.92 Å². The molecule has 1 amide bonds. The Bertz CT molecular complexity index is 463. The number of aliphatic hydroxyl groups excluding tert-OH is 1. The smallest absolute Gasteiger partial charge is 0.226 e. The van der Waals surface area contributed by atoms with Gasteiger partial charge in [-0.15, -0.1) is 18.2 Å². The Labute approximate surface area is 138 Å². The van der Waals surface area contributed by atoms with E-state index in [0.29, 0.717) is 12.3 Å². The van der Waals surface area contributed by atoms with Crippen LogP contribution in [0.2, 0.25) is 0 Å². The summed E-state index contributed by atoms with van der Waals surface area (Å²) in [4.78, 5) is 14.3. The summed E-state index contributed by atoms with van der Waals surface area (Å²) in [5, 5.41) is 10.5. The van der Waals surface area contributed by atoms with Gasteiger partial charge in [-0.2, -0.15) is 0 Å². The molecule has 122 valence electrons. The molecule has 0 saturated carbocycles. The summed E-state index contributed by atoms with van der Waals surface area (Å²) < 4.78 is 0. The van der Waals surface area contributed by atoms with Gasteiger partial charge in [0.1, 0.15) is 0 Å². The van der Waals surface area contributed by atoms with Crippen molar-refractivity contribution < 1.29 is 9.90 Å². The third-order valence-corrected chi connectivity index (χ3v) is 4.31. The second-order valence-corrected chi connectivity index (χ2v) is 5.98. The molecule has 0 aliphatic heterocycles. The molecular weight excluding hydrogens is 298 g/mol. The van der Waals surface area contributed by atoms with Gasteiger partial charge in [-0.25, -0.2) is 0 Å². The van der Waals surface area contributed by atoms with Crippen LogP contribution in [0.1, 0.15) is 37.9 Å². The molecule has 1 N–H and O–H groups in total. The van der Waals surface area contributed by atoms with Gasteiger partial charge in [0, 0.05) is 18.8 Å². The van der Waals surface area contributed by atoms with Crippen LogP contribution in [0.25, 0.3) is 0 Å². The minimum absolute atomic E-state index is 0.0347. The number of allylic oxidation sites excluding steroid dienone is 1. The van der Waals surface area contributed by atoms with E-state index in [4.69, 9.17) is 11.6 Å². The summed E-state index contributed by atoms with van der Waals surface area (Å²) >= 11 is 5.73. The van der Waals surface area contributed by atoms with Gasteiger partial charge in [0.2, 0.25) is 5.91 Å². The molecule has 1 rings (SSSR count). The standard InChI is InChI=1S/C18H26ClNO2/c1-4-9-16(12-8-13-19)18(22)20(3)14(2)17(21)15-10-6-5-7-11-15/h4-7,10-11,14,16-17,21H,1,8-9,12-13H2,2-3H3/t14-,16-,17-/m0/s1. The molecule has 3 atom stereocenters. The molecule has 0 spiro atoms. The topological polar surface area (TPSA) is 40.5 Å². The van der Waals surface area contributed by atoms with Crippen molar-refractivity contribution in [2.75, 3.05) is 12.9 Å². The third kappa shape index (κ3) is 5.15. The SMILES string of the molecule is C=CC[C@@H](CCCCl)C(=O)N(C)[C@@H](C)[C@H](O)c1ccccc1. The molecule has 3 nitrogen and oxygen atoms in total. The molecule has 1 aromatic carbocycles. The van der Waals surface area contributed by atoms with Crippen molar-refractivity contribution in [2.45, 2.75) is 38.3 Å². The number of hydrogen-bond acceptors (Lipinski definition) is 2. The lowest BCUT2D eigenvalue weighted by Crippen LogP contribution is -2.42. The first-order valence-corrected chi connectivity index (χ1v) is 8.22. The number of hydrogen-bond donors (Lipinski definition) is 1. The van der Waals surface area contributed by atoms with E-state index in [2.05, 4.69) is 6.58 Å². The lowest BCUT2D eigenvalue weighted by Gasteiger charge is -2.32. The van der Waals surface area contributed by atoms with E-state index in [1.807, 2.05) is 37.3 Å². The van der Waals surface area contributed by atoms with Gasteiger partial charge in [-0.1, -0.05) is 36.4 Å². The first-order chi connectivity index (χ1) is 10.5. The summed E-state index contributed by atoms with van der Waals surface area (Å²) in [6.45, 7) is 5.59. The third-order valence-electron chi connectivity index (χ3n) is 4.04. The van der Waals surface area contributed by atoms with Gasteiger partial charge in [-0.3, -0.25) is 4.79 Å². The summed E-state index contributed by atoms with van der Waals surface area (Å²) in [6.07, 6.45) is 3.24. The second-order valence-electron chi connectivity index (χ2n) is 5.60. The molecule has 4 heteroatoms. The number of halogens is 1. The molecule has 0 aliphatic carbocycles. The largest absolute Gasteiger partial charge is 0.386 e. The summed E-state index contributed by atoms with van der Waals surface area (Å²) in [5.74, 6) is 0.464. The van der Waals surface area contributed by atoms with Crippen LogP contribution < -0.4 is 0 Å². The Morgan fingerprint density at radius 3 is 2.59 bits per heavy atom. The van der Waals surface area contributed by atoms with Crippen molar-refractivity contribution in [3.8, 4) is 0 Å². The molecule has 0 saturated heterocycles. The zero-order valence-electron chi connectivity index (χ0n) is 13.4. The fourth-order valence-corrected chi connectivity index (χ4v) is 2.65. The quantitative estimate of drug-likeness (QED) is 0.555. The minimum atomic E-state index is -0.701. The van der Waals surface area contributed by atoms with Crippen LogP contribution in [0.5, 0.6) is 0 Å². The van der Waals surface area contributed by atoms with Gasteiger partial charge in [0.15, 0.2) is 0 Å². The fourth-order valence-electron chi connectivity index (χ4n) is 2.50. The van der Waals surface area contributed by atoms with Crippen molar-refractivity contribution in [1.29, 1.82) is 0 Å². The first kappa shape index (κ1) is 18.7. The minimum Gasteiger partial charge on any atom is -0.386 e. The summed E-state index contributed by atoms with van der Waals surface area (Å²) in [6, 6.07) is 9.12. The van der Waals surface area contributed by atoms with E-state index in [1.54, 1.807) is 18.0 Å². The summed E-state index contributed by atoms with van der Waals surface area (Å²) in [5.41, 5.74) is 0.815. The Balaban J connectivity index is 2.76. The van der Waals surface area contributed by atoms with Crippen LogP contribution >= 0.6 is 11.6 Å². The number of rotatable bonds is 9. The van der Waals surface area contributed by atoms with Gasteiger partial charge in [-0.05, 0) is 31.7 Å². The van der Waals surface area contributed by atoms with Gasteiger partial charge in [0.25, 0.3) is 0 Å². The molecule has 0 unspecified atom stereocenters. The number of nitrogens with zero attached hydrogens (tertiary/aromatic N) is 1. The Morgan fingerprint density at radius 2 is 2.05 bits per heavy atom. The highest BCUT2D eigenvalue weighted by Crippen LogP contribution is 2.23. The van der Waals surface area contributed by atoms with Crippen molar-refractivity contribution in [2.24, 2.45) is 5.92 Å². The number of alkyl halides is 1. The monoisotopic (exact) mass is 323 g/mol. The molecule has 0 aromatic heterocycles. The van der Waals surface area contributed by atoms with Gasteiger partial charge < -0.3 is 10.0 Å². The van der Waals surface area contributed by atoms with E-state index in [0.717, 1.165) is 18.4 Å². The van der Waals surface area contributed by atoms with Gasteiger partial charge >= 0.3 is 0 Å². The molecule has 0 fully saturated rings. The van der Waals surface area contributed by atoms with Crippen LogP contribution in [-0.2, 0) is 4.79 Å². The van der Waals surface area contributed by atoms with Crippen LogP contribution in [-0.4, -0.2) is 34.9 Å². The summed E-state index contributed by atoms with van der Waals surface area (Å²) in [7, 11) is 1.75. The van der Waals surface area contributed by atoms with E-state index in [9.17, 15) is 9.90 Å². The average Bonchev–Trinajstić information content (AvgIpc) is 2.56. The maximum atomic E-state index is 12.6. The lowest BCUT2D eigenvalue weighted by molar-refractivity contribution is -0.138. The lowest BCUT2D eigenvalue weighted by atomic mass is 9.96. The zero-order valence-corrected chi connectivity index (χ0v) is 14.2. The van der Waals surface area contributed by atoms with Crippen molar-refractivity contribution in [3.05, 3.63) is 48.6 Å². The predicted octanol–water partition coefficient (Wildman–Crippen LogP) is 3.78. The van der Waals surface area contributed by atoms with Crippen LogP contribution in [0.3, 0.4) is 0 Å². The molecule has 22 heavy (non-hydrogen) atoms. The van der Waals surface area contributed by atoms with E-state index < -0.39 is 6.10 Å². The number of carbonyl (C=O) groups excluding carboxylic acids is 1. The zero-order chi connectivity index (χ0) is 16.5. The van der Waals surface area contributed by atoms with Crippen LogP contribution in [0.15, 0.2) is 43.0 Å². The molecule has 0 heterocycles. The molecule has 0 aliphatic rings. The fraction of sp³-hybridized carbons (Fsp3) is 0.500. The van der Waals surface area contributed by atoms with Crippen molar-refractivity contribution in [1.82, 2.24) is 4.90 Å². The van der Waals surface area contributed by atoms with Gasteiger partial charge in [0.05, 0.1) is 12.1 Å². The Hall–Kier alpha value is -1.32. The molecule has 0 bridgehead atoms. The number of likely N-dealkylation sites (N-methyl/N-ethyl adjacent to an activating group) is 1. The molecule has 1 aromatic rings. The normalized spacial score (nSPS) is 14.9. The maximum Gasteiger partial charge on any atom is 0.226 e.